The molecule has 1 fully saturated rings. The van der Waals surface area contributed by atoms with Gasteiger partial charge in [0.1, 0.15) is 0 Å². The first-order valence-corrected chi connectivity index (χ1v) is 10.9. The van der Waals surface area contributed by atoms with Crippen molar-refractivity contribution in [2.75, 3.05) is 26.3 Å². The Kier molecular flexibility index (Phi) is 7.96. The summed E-state index contributed by atoms with van der Waals surface area (Å²) in [6, 6.07) is 8.39. The molecule has 2 aliphatic rings. The molecular formula is C21H28INO4. The zero-order chi connectivity index (χ0) is 19.1. The number of carbonyl (C=O) groups is 1. The van der Waals surface area contributed by atoms with Crippen molar-refractivity contribution in [1.29, 1.82) is 0 Å². The number of unbranched alkanes of at least 4 members (excludes halogenated alkanes) is 1. The standard InChI is InChI=1S/C21H28INO4/c22-18-8-6-16(7-9-18)17-14-19(21(25)23-10-2-1-3-11-23)27-20(15-17)26-13-5-4-12-24/h6-9,14,17,20,24H,1-5,10-13,15H2/t17-,20+/m1/s1. The van der Waals surface area contributed by atoms with Gasteiger partial charge in [0.15, 0.2) is 5.76 Å². The summed E-state index contributed by atoms with van der Waals surface area (Å²) in [5.74, 6) is 0.495. The average Bonchev–Trinajstić information content (AvgIpc) is 2.71. The lowest BCUT2D eigenvalue weighted by Crippen LogP contribution is -2.39. The van der Waals surface area contributed by atoms with Gasteiger partial charge in [0.05, 0.1) is 6.61 Å². The fourth-order valence-electron chi connectivity index (χ4n) is 3.53. The quantitative estimate of drug-likeness (QED) is 0.472. The van der Waals surface area contributed by atoms with Crippen molar-refractivity contribution in [3.8, 4) is 0 Å². The zero-order valence-electron chi connectivity index (χ0n) is 15.6. The second kappa shape index (κ2) is 10.4. The third-order valence-electron chi connectivity index (χ3n) is 5.07. The molecule has 6 heteroatoms. The molecule has 2 aliphatic heterocycles. The van der Waals surface area contributed by atoms with E-state index in [2.05, 4.69) is 46.9 Å². The van der Waals surface area contributed by atoms with E-state index in [1.165, 1.54) is 15.6 Å². The zero-order valence-corrected chi connectivity index (χ0v) is 17.8. The molecule has 2 heterocycles. The smallest absolute Gasteiger partial charge is 0.288 e. The van der Waals surface area contributed by atoms with Crippen LogP contribution in [-0.4, -0.2) is 48.5 Å². The Morgan fingerprint density at radius 1 is 1.19 bits per heavy atom. The van der Waals surface area contributed by atoms with Crippen molar-refractivity contribution >= 4 is 28.5 Å². The predicted molar refractivity (Wildman–Crippen MR) is 112 cm³/mol. The number of aliphatic hydroxyl groups is 1. The summed E-state index contributed by atoms with van der Waals surface area (Å²) >= 11 is 2.30. The van der Waals surface area contributed by atoms with E-state index in [4.69, 9.17) is 14.6 Å². The number of hydrogen-bond acceptors (Lipinski definition) is 4. The van der Waals surface area contributed by atoms with Crippen molar-refractivity contribution < 1.29 is 19.4 Å². The fourth-order valence-corrected chi connectivity index (χ4v) is 3.89. The summed E-state index contributed by atoms with van der Waals surface area (Å²) < 4.78 is 13.0. The molecule has 2 atom stereocenters. The molecule has 3 rings (SSSR count). The first kappa shape index (κ1) is 20.6. The average molecular weight is 485 g/mol. The molecule has 1 amide bonds. The lowest BCUT2D eigenvalue weighted by atomic mass is 9.93. The van der Waals surface area contributed by atoms with Crippen LogP contribution in [0.2, 0.25) is 0 Å². The van der Waals surface area contributed by atoms with E-state index in [1.807, 2.05) is 11.0 Å². The number of nitrogens with zero attached hydrogens (tertiary/aromatic N) is 1. The van der Waals surface area contributed by atoms with Crippen LogP contribution in [0, 0.1) is 3.57 Å². The molecule has 1 aromatic carbocycles. The van der Waals surface area contributed by atoms with E-state index in [1.54, 1.807) is 0 Å². The Morgan fingerprint density at radius 2 is 1.93 bits per heavy atom. The third kappa shape index (κ3) is 5.93. The van der Waals surface area contributed by atoms with Crippen LogP contribution in [0.1, 0.15) is 50.0 Å². The van der Waals surface area contributed by atoms with E-state index in [-0.39, 0.29) is 18.4 Å². The van der Waals surface area contributed by atoms with Crippen LogP contribution < -0.4 is 0 Å². The minimum absolute atomic E-state index is 0.0196. The minimum Gasteiger partial charge on any atom is -0.459 e. The van der Waals surface area contributed by atoms with Crippen LogP contribution in [-0.2, 0) is 14.3 Å². The maximum Gasteiger partial charge on any atom is 0.288 e. The highest BCUT2D eigenvalue weighted by atomic mass is 127. The van der Waals surface area contributed by atoms with E-state index < -0.39 is 6.29 Å². The molecule has 27 heavy (non-hydrogen) atoms. The third-order valence-corrected chi connectivity index (χ3v) is 5.78. The number of piperidine rings is 1. The Morgan fingerprint density at radius 3 is 2.63 bits per heavy atom. The van der Waals surface area contributed by atoms with Gasteiger partial charge in [-0.1, -0.05) is 12.1 Å². The topological polar surface area (TPSA) is 59.0 Å². The molecule has 148 valence electrons. The molecule has 0 bridgehead atoms. The Bertz CT molecular complexity index is 640. The van der Waals surface area contributed by atoms with Gasteiger partial charge in [-0.15, -0.1) is 0 Å². The van der Waals surface area contributed by atoms with Crippen molar-refractivity contribution in [3.63, 3.8) is 0 Å². The normalized spacial score (nSPS) is 22.9. The number of halogens is 1. The van der Waals surface area contributed by atoms with E-state index >= 15 is 0 Å². The molecule has 0 saturated carbocycles. The summed E-state index contributed by atoms with van der Waals surface area (Å²) in [4.78, 5) is 14.8. The predicted octanol–water partition coefficient (Wildman–Crippen LogP) is 3.81. The number of amides is 1. The van der Waals surface area contributed by atoms with Gasteiger partial charge in [0.2, 0.25) is 6.29 Å². The number of allylic oxidation sites excluding steroid dienone is 1. The molecule has 0 aromatic heterocycles. The van der Waals surface area contributed by atoms with Gasteiger partial charge < -0.3 is 19.5 Å². The van der Waals surface area contributed by atoms with E-state index in [0.717, 1.165) is 32.4 Å². The van der Waals surface area contributed by atoms with Crippen LogP contribution in [0.4, 0.5) is 0 Å². The van der Waals surface area contributed by atoms with Crippen molar-refractivity contribution in [2.24, 2.45) is 0 Å². The van der Waals surface area contributed by atoms with Gasteiger partial charge in [0.25, 0.3) is 5.91 Å². The van der Waals surface area contributed by atoms with E-state index in [9.17, 15) is 4.79 Å². The summed E-state index contributed by atoms with van der Waals surface area (Å²) in [7, 11) is 0. The molecule has 5 nitrogen and oxygen atoms in total. The Balaban J connectivity index is 1.73. The summed E-state index contributed by atoms with van der Waals surface area (Å²) in [6.45, 7) is 2.29. The summed E-state index contributed by atoms with van der Waals surface area (Å²) in [6.07, 6.45) is 7.02. The molecule has 0 aliphatic carbocycles. The number of benzene rings is 1. The van der Waals surface area contributed by atoms with Gasteiger partial charge in [0, 0.05) is 35.6 Å². The highest BCUT2D eigenvalue weighted by molar-refractivity contribution is 14.1. The fraction of sp³-hybridized carbons (Fsp3) is 0.571. The SMILES string of the molecule is O=C(C1=C[C@@H](c2ccc(I)cc2)C[C@@H](OCCCCO)O1)N1CCCCC1. The number of rotatable bonds is 7. The number of hydrogen-bond donors (Lipinski definition) is 1. The maximum absolute atomic E-state index is 12.9. The van der Waals surface area contributed by atoms with E-state index in [0.29, 0.717) is 25.2 Å². The lowest BCUT2D eigenvalue weighted by molar-refractivity contribution is -0.153. The van der Waals surface area contributed by atoms with Crippen LogP contribution in [0.5, 0.6) is 0 Å². The first-order valence-electron chi connectivity index (χ1n) is 9.83. The van der Waals surface area contributed by atoms with Gasteiger partial charge >= 0.3 is 0 Å². The van der Waals surface area contributed by atoms with Gasteiger partial charge in [-0.25, -0.2) is 0 Å². The van der Waals surface area contributed by atoms with Gasteiger partial charge in [-0.3, -0.25) is 4.79 Å². The first-order chi connectivity index (χ1) is 13.2. The number of ether oxygens (including phenoxy) is 2. The van der Waals surface area contributed by atoms with Crippen LogP contribution >= 0.6 is 22.6 Å². The Labute approximate surface area is 174 Å². The molecule has 0 spiro atoms. The highest BCUT2D eigenvalue weighted by Gasteiger charge is 2.31. The van der Waals surface area contributed by atoms with Crippen molar-refractivity contribution in [3.05, 3.63) is 45.2 Å². The number of aliphatic hydroxyl groups excluding tert-OH is 1. The largest absolute Gasteiger partial charge is 0.459 e. The molecule has 1 aromatic rings. The second-order valence-electron chi connectivity index (χ2n) is 7.13. The lowest BCUT2D eigenvalue weighted by Gasteiger charge is -2.33. The van der Waals surface area contributed by atoms with Crippen LogP contribution in [0.25, 0.3) is 0 Å². The monoisotopic (exact) mass is 485 g/mol. The molecule has 1 N–H and O–H groups in total. The van der Waals surface area contributed by atoms with Crippen molar-refractivity contribution in [1.82, 2.24) is 4.90 Å². The van der Waals surface area contributed by atoms with Gasteiger partial charge in [-0.2, -0.15) is 0 Å². The molecule has 0 radical (unpaired) electrons. The molecule has 1 saturated heterocycles. The van der Waals surface area contributed by atoms with Crippen molar-refractivity contribution in [2.45, 2.75) is 50.7 Å². The Hall–Kier alpha value is -1.12. The van der Waals surface area contributed by atoms with Gasteiger partial charge in [-0.05, 0) is 78.5 Å². The highest BCUT2D eigenvalue weighted by Crippen LogP contribution is 2.32. The molecular weight excluding hydrogens is 457 g/mol. The maximum atomic E-state index is 12.9. The number of carbonyl (C=O) groups excluding carboxylic acids is 1. The summed E-state index contributed by atoms with van der Waals surface area (Å²) in [5, 5.41) is 8.93. The number of likely N-dealkylation sites (tertiary alicyclic amines) is 1. The second-order valence-corrected chi connectivity index (χ2v) is 8.37. The summed E-state index contributed by atoms with van der Waals surface area (Å²) in [5.41, 5.74) is 1.17. The van der Waals surface area contributed by atoms with Crippen LogP contribution in [0.15, 0.2) is 36.1 Å². The molecule has 0 unspecified atom stereocenters. The van der Waals surface area contributed by atoms with Crippen LogP contribution in [0.3, 0.4) is 0 Å². The minimum atomic E-state index is -0.429.